The minimum Gasteiger partial charge on any atom is -0.481 e. The van der Waals surface area contributed by atoms with Crippen LogP contribution >= 0.6 is 0 Å². The van der Waals surface area contributed by atoms with E-state index in [0.717, 1.165) is 12.8 Å². The van der Waals surface area contributed by atoms with Crippen LogP contribution in [0.3, 0.4) is 0 Å². The molecule has 2 unspecified atom stereocenters. The predicted molar refractivity (Wildman–Crippen MR) is 61.7 cm³/mol. The fraction of sp³-hybridized carbons (Fsp3) is 0.917. The number of nitrogens with one attached hydrogen (secondary N) is 1. The number of rotatable bonds is 2. The standard InChI is InChI=1S/C12H20N2O3/c1-14-8-2-3-9(14)5-12(17,4-8)11(10(15)16)6-13-7-11/h8-9,13,17H,2-7H2,1H3,(H,15,16). The van der Waals surface area contributed by atoms with Crippen molar-refractivity contribution < 1.29 is 15.0 Å². The normalized spacial score (nSPS) is 44.4. The first kappa shape index (κ1) is 11.4. The first-order chi connectivity index (χ1) is 7.98. The van der Waals surface area contributed by atoms with E-state index < -0.39 is 17.0 Å². The van der Waals surface area contributed by atoms with Crippen LogP contribution in [0.1, 0.15) is 25.7 Å². The summed E-state index contributed by atoms with van der Waals surface area (Å²) in [5.41, 5.74) is -1.97. The second kappa shape index (κ2) is 3.43. The van der Waals surface area contributed by atoms with Crippen LogP contribution in [0.5, 0.6) is 0 Å². The van der Waals surface area contributed by atoms with Gasteiger partial charge in [0.1, 0.15) is 5.41 Å². The van der Waals surface area contributed by atoms with Gasteiger partial charge in [0, 0.05) is 25.2 Å². The Bertz CT molecular complexity index is 340. The monoisotopic (exact) mass is 240 g/mol. The van der Waals surface area contributed by atoms with Crippen LogP contribution in [0.25, 0.3) is 0 Å². The third-order valence-corrected chi connectivity index (χ3v) is 5.29. The van der Waals surface area contributed by atoms with E-state index in [1.54, 1.807) is 0 Å². The first-order valence-electron chi connectivity index (χ1n) is 6.37. The molecule has 0 aromatic carbocycles. The van der Waals surface area contributed by atoms with Crippen LogP contribution in [0.2, 0.25) is 0 Å². The molecule has 0 aliphatic carbocycles. The maximum absolute atomic E-state index is 11.5. The lowest BCUT2D eigenvalue weighted by Crippen LogP contribution is -2.72. The summed E-state index contributed by atoms with van der Waals surface area (Å²) in [4.78, 5) is 13.8. The van der Waals surface area contributed by atoms with Gasteiger partial charge < -0.3 is 20.4 Å². The SMILES string of the molecule is CN1C2CCC1CC(O)(C1(C(=O)O)CNC1)C2. The molecule has 5 nitrogen and oxygen atoms in total. The van der Waals surface area contributed by atoms with Gasteiger partial charge in [0.05, 0.1) is 5.60 Å². The molecule has 3 rings (SSSR count). The number of piperidine rings is 1. The molecule has 3 N–H and O–H groups in total. The summed E-state index contributed by atoms with van der Waals surface area (Å²) in [6.45, 7) is 0.809. The molecule has 0 spiro atoms. The molecule has 3 heterocycles. The van der Waals surface area contributed by atoms with Crippen LogP contribution in [0.4, 0.5) is 0 Å². The minimum atomic E-state index is -1.03. The van der Waals surface area contributed by atoms with E-state index in [-0.39, 0.29) is 0 Å². The number of carboxylic acid groups (broad SMARTS) is 1. The van der Waals surface area contributed by atoms with Crippen molar-refractivity contribution in [1.82, 2.24) is 10.2 Å². The summed E-state index contributed by atoms with van der Waals surface area (Å²) >= 11 is 0. The number of fused-ring (bicyclic) bond motifs is 2. The molecule has 5 heteroatoms. The third-order valence-electron chi connectivity index (χ3n) is 5.29. The van der Waals surface area contributed by atoms with Crippen LogP contribution in [-0.2, 0) is 4.79 Å². The molecule has 0 amide bonds. The fourth-order valence-corrected chi connectivity index (χ4v) is 3.89. The van der Waals surface area contributed by atoms with E-state index in [2.05, 4.69) is 17.3 Å². The largest absolute Gasteiger partial charge is 0.481 e. The van der Waals surface area contributed by atoms with Crippen molar-refractivity contribution in [3.05, 3.63) is 0 Å². The number of hydrogen-bond acceptors (Lipinski definition) is 4. The van der Waals surface area contributed by atoms with E-state index in [0.29, 0.717) is 38.0 Å². The Morgan fingerprint density at radius 3 is 2.18 bits per heavy atom. The van der Waals surface area contributed by atoms with Gasteiger partial charge in [-0.25, -0.2) is 0 Å². The van der Waals surface area contributed by atoms with E-state index in [1.807, 2.05) is 0 Å². The summed E-state index contributed by atoms with van der Waals surface area (Å²) in [6, 6.07) is 0.714. The third kappa shape index (κ3) is 1.33. The van der Waals surface area contributed by atoms with Crippen LogP contribution < -0.4 is 5.32 Å². The molecule has 2 atom stereocenters. The van der Waals surface area contributed by atoms with Gasteiger partial charge in [-0.3, -0.25) is 4.79 Å². The number of carboxylic acids is 1. The molecule has 3 fully saturated rings. The van der Waals surface area contributed by atoms with Gasteiger partial charge in [-0.05, 0) is 32.7 Å². The van der Waals surface area contributed by atoms with Crippen LogP contribution in [0.15, 0.2) is 0 Å². The van der Waals surface area contributed by atoms with Gasteiger partial charge in [0.25, 0.3) is 0 Å². The average Bonchev–Trinajstić information content (AvgIpc) is 2.43. The predicted octanol–water partition coefficient (Wildman–Crippen LogP) is -0.352. The van der Waals surface area contributed by atoms with Gasteiger partial charge in [-0.15, -0.1) is 0 Å². The Balaban J connectivity index is 1.90. The molecule has 96 valence electrons. The van der Waals surface area contributed by atoms with Crippen molar-refractivity contribution >= 4 is 5.97 Å². The average molecular weight is 240 g/mol. The van der Waals surface area contributed by atoms with Crippen LogP contribution in [-0.4, -0.2) is 58.9 Å². The second-order valence-corrected chi connectivity index (χ2v) is 5.98. The highest BCUT2D eigenvalue weighted by Gasteiger charge is 2.63. The lowest BCUT2D eigenvalue weighted by molar-refractivity contribution is -0.191. The lowest BCUT2D eigenvalue weighted by atomic mass is 9.62. The number of nitrogens with zero attached hydrogens (tertiary/aromatic N) is 1. The van der Waals surface area contributed by atoms with Crippen molar-refractivity contribution in [3.8, 4) is 0 Å². The topological polar surface area (TPSA) is 72.8 Å². The van der Waals surface area contributed by atoms with Crippen molar-refractivity contribution in [2.45, 2.75) is 43.4 Å². The maximum Gasteiger partial charge on any atom is 0.315 e. The van der Waals surface area contributed by atoms with E-state index in [1.165, 1.54) is 0 Å². The molecule has 2 bridgehead atoms. The minimum absolute atomic E-state index is 0.357. The number of aliphatic carboxylic acids is 1. The molecule has 3 aliphatic heterocycles. The number of hydrogen-bond donors (Lipinski definition) is 3. The fourth-order valence-electron chi connectivity index (χ4n) is 3.89. The van der Waals surface area contributed by atoms with Gasteiger partial charge in [-0.1, -0.05) is 0 Å². The molecule has 17 heavy (non-hydrogen) atoms. The van der Waals surface area contributed by atoms with Gasteiger partial charge in [0.15, 0.2) is 0 Å². The van der Waals surface area contributed by atoms with Gasteiger partial charge in [0.2, 0.25) is 0 Å². The second-order valence-electron chi connectivity index (χ2n) is 5.98. The van der Waals surface area contributed by atoms with E-state index in [4.69, 9.17) is 0 Å². The smallest absolute Gasteiger partial charge is 0.315 e. The summed E-state index contributed by atoms with van der Waals surface area (Å²) < 4.78 is 0. The van der Waals surface area contributed by atoms with Gasteiger partial charge in [-0.2, -0.15) is 0 Å². The molecule has 3 aliphatic rings. The summed E-state index contributed by atoms with van der Waals surface area (Å²) in [6.07, 6.45) is 3.39. The van der Waals surface area contributed by atoms with Crippen molar-refractivity contribution in [2.24, 2.45) is 5.41 Å². The van der Waals surface area contributed by atoms with Crippen LogP contribution in [0, 0.1) is 5.41 Å². The molecule has 0 saturated carbocycles. The van der Waals surface area contributed by atoms with E-state index in [9.17, 15) is 15.0 Å². The Morgan fingerprint density at radius 2 is 1.82 bits per heavy atom. The Labute approximate surface area is 101 Å². The van der Waals surface area contributed by atoms with E-state index >= 15 is 0 Å². The molecule has 0 aromatic heterocycles. The lowest BCUT2D eigenvalue weighted by Gasteiger charge is -2.55. The zero-order valence-electron chi connectivity index (χ0n) is 10.1. The molecular weight excluding hydrogens is 220 g/mol. The van der Waals surface area contributed by atoms with Crippen molar-refractivity contribution in [2.75, 3.05) is 20.1 Å². The summed E-state index contributed by atoms with van der Waals surface area (Å²) in [7, 11) is 2.09. The van der Waals surface area contributed by atoms with Crippen molar-refractivity contribution in [1.29, 1.82) is 0 Å². The molecule has 0 radical (unpaired) electrons. The molecular formula is C12H20N2O3. The van der Waals surface area contributed by atoms with Gasteiger partial charge >= 0.3 is 5.97 Å². The first-order valence-corrected chi connectivity index (χ1v) is 6.37. The highest BCUT2D eigenvalue weighted by atomic mass is 16.4. The zero-order valence-corrected chi connectivity index (χ0v) is 10.1. The quantitative estimate of drug-likeness (QED) is 0.615. The molecule has 0 aromatic rings. The number of carbonyl (C=O) groups is 1. The maximum atomic E-state index is 11.5. The zero-order chi connectivity index (χ0) is 12.3. The highest BCUT2D eigenvalue weighted by molar-refractivity contribution is 5.78. The number of aliphatic hydroxyl groups is 1. The Morgan fingerprint density at radius 1 is 1.29 bits per heavy atom. The summed E-state index contributed by atoms with van der Waals surface area (Å²) in [5.74, 6) is -0.845. The highest BCUT2D eigenvalue weighted by Crippen LogP contribution is 2.49. The summed E-state index contributed by atoms with van der Waals surface area (Å²) in [5, 5.41) is 23.3. The Kier molecular flexibility index (Phi) is 2.31. The molecule has 3 saturated heterocycles. The van der Waals surface area contributed by atoms with Crippen molar-refractivity contribution in [3.63, 3.8) is 0 Å². The Hall–Kier alpha value is -0.650.